The van der Waals surface area contributed by atoms with Crippen LogP contribution in [0.5, 0.6) is 0 Å². The molecule has 0 aromatic carbocycles. The van der Waals surface area contributed by atoms with Gasteiger partial charge in [-0.15, -0.1) is 0 Å². The zero-order valence-corrected chi connectivity index (χ0v) is 9.10. The molecule has 1 N–H and O–H groups in total. The maximum atomic E-state index is 4.98. The number of hydrogen-bond donors (Lipinski definition) is 1. The molecule has 3 heteroatoms. The van der Waals surface area contributed by atoms with Gasteiger partial charge in [0.2, 0.25) is 0 Å². The minimum atomic E-state index is 0.803. The van der Waals surface area contributed by atoms with Crippen molar-refractivity contribution in [1.82, 2.24) is 10.2 Å². The second-order valence-electron chi connectivity index (χ2n) is 3.43. The molecule has 0 heterocycles. The first-order valence-corrected chi connectivity index (χ1v) is 4.69. The van der Waals surface area contributed by atoms with Crippen molar-refractivity contribution < 1.29 is 4.74 Å². The molecule has 13 heavy (non-hydrogen) atoms. The van der Waals surface area contributed by atoms with E-state index in [1.807, 2.05) is 6.92 Å². The molecule has 0 aliphatic rings. The van der Waals surface area contributed by atoms with E-state index in [1.54, 1.807) is 7.11 Å². The maximum Gasteiger partial charge on any atom is 0.0589 e. The van der Waals surface area contributed by atoms with Gasteiger partial charge in [-0.1, -0.05) is 12.2 Å². The van der Waals surface area contributed by atoms with Crippen molar-refractivity contribution >= 4 is 0 Å². The Morgan fingerprint density at radius 3 is 2.69 bits per heavy atom. The largest absolute Gasteiger partial charge is 0.383 e. The number of ether oxygens (including phenoxy) is 1. The van der Waals surface area contributed by atoms with Crippen LogP contribution in [-0.2, 0) is 4.74 Å². The summed E-state index contributed by atoms with van der Waals surface area (Å²) >= 11 is 0. The second kappa shape index (κ2) is 8.23. The van der Waals surface area contributed by atoms with Crippen molar-refractivity contribution in [2.75, 3.05) is 46.9 Å². The first-order chi connectivity index (χ1) is 6.16. The molecule has 3 nitrogen and oxygen atoms in total. The summed E-state index contributed by atoms with van der Waals surface area (Å²) in [7, 11) is 3.83. The molecule has 0 unspecified atom stereocenters. The van der Waals surface area contributed by atoms with Crippen molar-refractivity contribution in [2.45, 2.75) is 6.92 Å². The third kappa shape index (κ3) is 9.53. The summed E-state index contributed by atoms with van der Waals surface area (Å²) in [5, 5.41) is 3.31. The SMILES string of the molecule is C=C(C)CNCCN(C)CCOC. The number of likely N-dealkylation sites (N-methyl/N-ethyl adjacent to an activating group) is 1. The molecule has 0 radical (unpaired) electrons. The average molecular weight is 186 g/mol. The van der Waals surface area contributed by atoms with Crippen LogP contribution in [0.1, 0.15) is 6.92 Å². The van der Waals surface area contributed by atoms with Gasteiger partial charge in [-0.2, -0.15) is 0 Å². The highest BCUT2D eigenvalue weighted by Gasteiger charge is 1.96. The number of nitrogens with one attached hydrogen (secondary N) is 1. The van der Waals surface area contributed by atoms with Crippen LogP contribution in [0.3, 0.4) is 0 Å². The number of nitrogens with zero attached hydrogens (tertiary/aromatic N) is 1. The Morgan fingerprint density at radius 1 is 1.46 bits per heavy atom. The molecule has 0 saturated heterocycles. The van der Waals surface area contributed by atoms with Gasteiger partial charge in [-0.05, 0) is 14.0 Å². The van der Waals surface area contributed by atoms with E-state index >= 15 is 0 Å². The van der Waals surface area contributed by atoms with Crippen molar-refractivity contribution in [1.29, 1.82) is 0 Å². The van der Waals surface area contributed by atoms with Crippen LogP contribution in [0, 0.1) is 0 Å². The van der Waals surface area contributed by atoms with Gasteiger partial charge in [0.15, 0.2) is 0 Å². The summed E-state index contributed by atoms with van der Waals surface area (Å²) in [6.07, 6.45) is 0. The third-order valence-electron chi connectivity index (χ3n) is 1.77. The normalized spacial score (nSPS) is 10.8. The van der Waals surface area contributed by atoms with Crippen LogP contribution in [-0.4, -0.2) is 51.8 Å². The van der Waals surface area contributed by atoms with Gasteiger partial charge in [0, 0.05) is 33.3 Å². The van der Waals surface area contributed by atoms with Gasteiger partial charge in [-0.3, -0.25) is 0 Å². The molecule has 0 rings (SSSR count). The Hall–Kier alpha value is -0.380. The average Bonchev–Trinajstić information content (AvgIpc) is 2.08. The molecule has 0 saturated carbocycles. The Kier molecular flexibility index (Phi) is 7.99. The molecule has 0 aromatic heterocycles. The lowest BCUT2D eigenvalue weighted by molar-refractivity contribution is 0.161. The van der Waals surface area contributed by atoms with Gasteiger partial charge in [-0.25, -0.2) is 0 Å². The predicted octanol–water partition coefficient (Wildman–Crippen LogP) is 0.730. The van der Waals surface area contributed by atoms with E-state index in [1.165, 1.54) is 5.57 Å². The Bertz CT molecular complexity index is 137. The summed E-state index contributed by atoms with van der Waals surface area (Å²) < 4.78 is 4.98. The summed E-state index contributed by atoms with van der Waals surface area (Å²) in [4.78, 5) is 2.24. The molecule has 0 aromatic rings. The smallest absolute Gasteiger partial charge is 0.0589 e. The zero-order valence-electron chi connectivity index (χ0n) is 9.10. The highest BCUT2D eigenvalue weighted by Crippen LogP contribution is 1.83. The molecule has 0 amide bonds. The fraction of sp³-hybridized carbons (Fsp3) is 0.800. The predicted molar refractivity (Wildman–Crippen MR) is 57.1 cm³/mol. The van der Waals surface area contributed by atoms with Crippen LogP contribution in [0.15, 0.2) is 12.2 Å². The van der Waals surface area contributed by atoms with Crippen LogP contribution in [0.4, 0.5) is 0 Å². The van der Waals surface area contributed by atoms with E-state index in [-0.39, 0.29) is 0 Å². The standard InChI is InChI=1S/C10H22N2O/c1-10(2)9-11-5-6-12(3)7-8-13-4/h11H,1,5-9H2,2-4H3. The van der Waals surface area contributed by atoms with E-state index < -0.39 is 0 Å². The number of rotatable bonds is 8. The zero-order chi connectivity index (χ0) is 10.1. The monoisotopic (exact) mass is 186 g/mol. The first-order valence-electron chi connectivity index (χ1n) is 4.69. The minimum Gasteiger partial charge on any atom is -0.383 e. The Balaban J connectivity index is 3.16. The fourth-order valence-electron chi connectivity index (χ4n) is 0.931. The van der Waals surface area contributed by atoms with E-state index in [0.29, 0.717) is 0 Å². The summed E-state index contributed by atoms with van der Waals surface area (Å²) in [5.41, 5.74) is 1.18. The van der Waals surface area contributed by atoms with Crippen molar-refractivity contribution in [2.24, 2.45) is 0 Å². The molecule has 78 valence electrons. The topological polar surface area (TPSA) is 24.5 Å². The van der Waals surface area contributed by atoms with Crippen molar-refractivity contribution in [3.05, 3.63) is 12.2 Å². The summed E-state index contributed by atoms with van der Waals surface area (Å²) in [6, 6.07) is 0. The summed E-state index contributed by atoms with van der Waals surface area (Å²) in [6.45, 7) is 10.6. The number of hydrogen-bond acceptors (Lipinski definition) is 3. The lowest BCUT2D eigenvalue weighted by Gasteiger charge is -2.16. The van der Waals surface area contributed by atoms with Gasteiger partial charge in [0.1, 0.15) is 0 Å². The molecular formula is C10H22N2O. The Morgan fingerprint density at radius 2 is 2.15 bits per heavy atom. The quantitative estimate of drug-likeness (QED) is 0.447. The molecule has 0 spiro atoms. The van der Waals surface area contributed by atoms with Crippen molar-refractivity contribution in [3.8, 4) is 0 Å². The highest BCUT2D eigenvalue weighted by atomic mass is 16.5. The van der Waals surface area contributed by atoms with Crippen molar-refractivity contribution in [3.63, 3.8) is 0 Å². The molecule has 0 aliphatic heterocycles. The Labute approximate surface area is 81.8 Å². The van der Waals surface area contributed by atoms with E-state index in [2.05, 4.69) is 23.8 Å². The minimum absolute atomic E-state index is 0.803. The molecular weight excluding hydrogens is 164 g/mol. The van der Waals surface area contributed by atoms with E-state index in [0.717, 1.165) is 32.8 Å². The van der Waals surface area contributed by atoms with Gasteiger partial charge >= 0.3 is 0 Å². The highest BCUT2D eigenvalue weighted by molar-refractivity contribution is 4.90. The molecule has 0 bridgehead atoms. The van der Waals surface area contributed by atoms with Crippen LogP contribution >= 0.6 is 0 Å². The fourth-order valence-corrected chi connectivity index (χ4v) is 0.931. The van der Waals surface area contributed by atoms with Crippen LogP contribution in [0.25, 0.3) is 0 Å². The molecule has 0 aliphatic carbocycles. The van der Waals surface area contributed by atoms with Gasteiger partial charge in [0.25, 0.3) is 0 Å². The van der Waals surface area contributed by atoms with E-state index in [4.69, 9.17) is 4.74 Å². The van der Waals surface area contributed by atoms with Gasteiger partial charge < -0.3 is 15.0 Å². The number of methoxy groups -OCH3 is 1. The second-order valence-corrected chi connectivity index (χ2v) is 3.43. The molecule has 0 atom stereocenters. The van der Waals surface area contributed by atoms with Crippen LogP contribution in [0.2, 0.25) is 0 Å². The van der Waals surface area contributed by atoms with Gasteiger partial charge in [0.05, 0.1) is 6.61 Å². The maximum absolute atomic E-state index is 4.98. The van der Waals surface area contributed by atoms with Crippen LogP contribution < -0.4 is 5.32 Å². The lowest BCUT2D eigenvalue weighted by Crippen LogP contribution is -2.31. The van der Waals surface area contributed by atoms with E-state index in [9.17, 15) is 0 Å². The first kappa shape index (κ1) is 12.6. The third-order valence-corrected chi connectivity index (χ3v) is 1.77. The lowest BCUT2D eigenvalue weighted by atomic mass is 10.3. The summed E-state index contributed by atoms with van der Waals surface area (Å²) in [5.74, 6) is 0. The molecule has 0 fully saturated rings.